The molecule has 0 aromatic carbocycles. The van der Waals surface area contributed by atoms with Crippen molar-refractivity contribution in [3.63, 3.8) is 0 Å². The zero-order chi connectivity index (χ0) is 16.9. The second-order valence-electron chi connectivity index (χ2n) is 1.23. The Labute approximate surface area is 164 Å². The van der Waals surface area contributed by atoms with Crippen LogP contribution in [0.2, 0.25) is 6.82 Å². The molecule has 8 nitrogen and oxygen atoms in total. The molecule has 0 spiro atoms. The normalized spacial score (nSPS) is 5.57. The third kappa shape index (κ3) is 576. The van der Waals surface area contributed by atoms with Gasteiger partial charge >= 0.3 is 0 Å². The van der Waals surface area contributed by atoms with Crippen LogP contribution in [0.15, 0.2) is 0 Å². The quantitative estimate of drug-likeness (QED) is 0.169. The molecule has 0 bridgehead atoms. The molecule has 15 heteroatoms. The van der Waals surface area contributed by atoms with Crippen molar-refractivity contribution in [1.82, 2.24) is 0 Å². The van der Waals surface area contributed by atoms with Gasteiger partial charge in [-0.3, -0.25) is 9.59 Å². The first-order chi connectivity index (χ1) is 8.65. The SMILES string of the molecule is C.O=[N+]([O-])O.OCBr.[Ag].[B]C.[B]C(=O)Cl.[B]C(=O)OCBr. The van der Waals surface area contributed by atoms with Crippen molar-refractivity contribution >= 4 is 78.0 Å². The molecule has 125 valence electrons. The molecule has 0 aliphatic heterocycles. The number of aliphatic hydroxyl groups is 1. The third-order valence-corrected chi connectivity index (χ3v) is 0.426. The van der Waals surface area contributed by atoms with E-state index in [1.54, 1.807) is 0 Å². The van der Waals surface area contributed by atoms with Gasteiger partial charge in [0.05, 0.1) is 13.4 Å². The van der Waals surface area contributed by atoms with Gasteiger partial charge in [-0.15, -0.1) is 10.1 Å². The summed E-state index contributed by atoms with van der Waals surface area (Å²) in [6.45, 7) is 1.50. The van der Waals surface area contributed by atoms with Crippen LogP contribution in [0, 0.1) is 10.1 Å². The molecule has 0 rings (SSSR count). The first-order valence-corrected chi connectivity index (χ1v) is 6.28. The van der Waals surface area contributed by atoms with Gasteiger partial charge in [-0.05, 0) is 15.9 Å². The summed E-state index contributed by atoms with van der Waals surface area (Å²) in [4.78, 5) is 26.9. The molecule has 0 aliphatic rings. The number of alkyl halides is 2. The Balaban J connectivity index is -0.0000000238. The molecular weight excluding hydrogens is 534 g/mol. The van der Waals surface area contributed by atoms with E-state index in [0.29, 0.717) is 0 Å². The van der Waals surface area contributed by atoms with Gasteiger partial charge in [0.15, 0.2) is 13.0 Å². The third-order valence-electron chi connectivity index (χ3n) is 0.197. The van der Waals surface area contributed by atoms with E-state index in [2.05, 4.69) is 71.7 Å². The van der Waals surface area contributed by atoms with Gasteiger partial charge < -0.3 is 15.1 Å². The van der Waals surface area contributed by atoms with E-state index in [4.69, 9.17) is 25.2 Å². The Bertz CT molecular complexity index is 203. The van der Waals surface area contributed by atoms with Crippen molar-refractivity contribution < 1.29 is 52.1 Å². The molecule has 0 aromatic rings. The average molecular weight is 547 g/mol. The van der Waals surface area contributed by atoms with Crippen LogP contribution in [-0.2, 0) is 27.1 Å². The average Bonchev–Trinajstić information content (AvgIpc) is 2.19. The summed E-state index contributed by atoms with van der Waals surface area (Å²) in [5.74, 6) is -0.758. The van der Waals surface area contributed by atoms with Crippen molar-refractivity contribution in [1.29, 1.82) is 0 Å². The summed E-state index contributed by atoms with van der Waals surface area (Å²) >= 11 is 9.94. The van der Waals surface area contributed by atoms with Crippen molar-refractivity contribution in [3.05, 3.63) is 10.1 Å². The monoisotopic (exact) mass is 544 g/mol. The fourth-order valence-corrected chi connectivity index (χ4v) is 0.279. The minimum atomic E-state index is -1.50. The molecule has 0 atom stereocenters. The molecule has 0 amide bonds. The summed E-state index contributed by atoms with van der Waals surface area (Å²) in [7, 11) is 13.2. The smallest absolute Gasteiger partial charge is 0.291 e. The first-order valence-electron chi connectivity index (χ1n) is 3.66. The molecule has 0 saturated carbocycles. The van der Waals surface area contributed by atoms with Gasteiger partial charge in [0, 0.05) is 22.4 Å². The number of hydrogen-bond acceptors (Lipinski definition) is 6. The predicted molar refractivity (Wildman–Crippen MR) is 86.2 cm³/mol. The number of carbonyl (C=O) groups is 2. The fourth-order valence-electron chi connectivity index (χ4n) is 0.0538. The Kier molecular flexibility index (Phi) is 102. The molecule has 7 radical (unpaired) electrons. The summed E-state index contributed by atoms with van der Waals surface area (Å²) in [6.07, 6.45) is 0. The maximum absolute atomic E-state index is 9.57. The van der Waals surface area contributed by atoms with E-state index in [1.807, 2.05) is 0 Å². The van der Waals surface area contributed by atoms with Gasteiger partial charge in [-0.2, -0.15) is 0 Å². The Morgan fingerprint density at radius 3 is 1.48 bits per heavy atom. The molecule has 0 aromatic heterocycles. The number of rotatable bonds is 1. The van der Waals surface area contributed by atoms with Gasteiger partial charge in [-0.25, -0.2) is 0 Å². The van der Waals surface area contributed by atoms with Gasteiger partial charge in [-0.1, -0.05) is 41.8 Å². The summed E-state index contributed by atoms with van der Waals surface area (Å²) < 4.78 is 4.10. The van der Waals surface area contributed by atoms with Crippen LogP contribution in [-0.4, -0.2) is 61.0 Å². The van der Waals surface area contributed by atoms with Crippen molar-refractivity contribution in [2.75, 3.05) is 11.0 Å². The number of ether oxygens (including phenoxy) is 1. The Morgan fingerprint density at radius 1 is 1.33 bits per heavy atom. The van der Waals surface area contributed by atoms with Crippen molar-refractivity contribution in [3.8, 4) is 0 Å². The van der Waals surface area contributed by atoms with Crippen LogP contribution in [0.25, 0.3) is 0 Å². The van der Waals surface area contributed by atoms with Gasteiger partial charge in [0.2, 0.25) is 13.7 Å². The zero-order valence-corrected chi connectivity index (χ0v) is 15.4. The van der Waals surface area contributed by atoms with Crippen LogP contribution in [0.1, 0.15) is 7.43 Å². The standard InChI is InChI=1S/C2H2BBrO2.CBClO.CH3B.CH3BrO.CH4.Ag.HNO3/c3-2(5)6-1-4;2-1(3)4;1-2;2-1-3;;;2-1(3)4/h1H2;;1H3;3H,1H2;1H4;;(H,2,3,4). The maximum Gasteiger partial charge on any atom is 0.291 e. The number of hydrogen-bond donors (Lipinski definition) is 2. The Morgan fingerprint density at radius 2 is 1.48 bits per heavy atom. The molecule has 0 saturated heterocycles. The molecule has 0 unspecified atom stereocenters. The van der Waals surface area contributed by atoms with Gasteiger partial charge in [0.25, 0.3) is 5.09 Å². The molecular formula is C6H13AgB3Br2ClNO7. The number of aliphatic hydroxyl groups excluding tert-OH is 1. The molecule has 21 heavy (non-hydrogen) atoms. The summed E-state index contributed by atoms with van der Waals surface area (Å²) in [5, 5.41) is 20.3. The molecule has 0 aliphatic carbocycles. The summed E-state index contributed by atoms with van der Waals surface area (Å²) in [6, 6.07) is 0. The van der Waals surface area contributed by atoms with Crippen LogP contribution in [0.5, 0.6) is 0 Å². The van der Waals surface area contributed by atoms with Crippen molar-refractivity contribution in [2.45, 2.75) is 14.2 Å². The Hall–Kier alpha value is 0.485. The van der Waals surface area contributed by atoms with E-state index >= 15 is 0 Å². The van der Waals surface area contributed by atoms with E-state index in [-0.39, 0.29) is 40.8 Å². The predicted octanol–water partition coefficient (Wildman–Crippen LogP) is 1.98. The van der Waals surface area contributed by atoms with E-state index in [0.717, 1.165) is 0 Å². The number of nitrogens with zero attached hydrogens (tertiary/aromatic N) is 1. The minimum absolute atomic E-state index is 0. The van der Waals surface area contributed by atoms with E-state index < -0.39 is 16.1 Å². The van der Waals surface area contributed by atoms with Crippen LogP contribution in [0.3, 0.4) is 0 Å². The fraction of sp³-hybridized carbons (Fsp3) is 0.667. The topological polar surface area (TPSA) is 127 Å². The van der Waals surface area contributed by atoms with Crippen LogP contribution in [0.4, 0.5) is 9.59 Å². The minimum Gasteiger partial charge on any atom is -0.463 e. The zero-order valence-electron chi connectivity index (χ0n) is 9.96. The maximum atomic E-state index is 9.57. The second-order valence-corrected chi connectivity index (χ2v) is 2.57. The van der Waals surface area contributed by atoms with E-state index in [9.17, 15) is 4.79 Å². The van der Waals surface area contributed by atoms with Crippen LogP contribution < -0.4 is 0 Å². The molecule has 2 N–H and O–H groups in total. The largest absolute Gasteiger partial charge is 0.463 e. The van der Waals surface area contributed by atoms with Gasteiger partial charge in [0.1, 0.15) is 5.52 Å². The first kappa shape index (κ1) is 43.0. The number of carbonyl (C=O) groups excluding carboxylic acids is 2. The van der Waals surface area contributed by atoms with Crippen LogP contribution >= 0.6 is 43.5 Å². The second kappa shape index (κ2) is 49.9. The number of halogens is 3. The van der Waals surface area contributed by atoms with Crippen molar-refractivity contribution in [2.24, 2.45) is 0 Å². The summed E-state index contributed by atoms with van der Waals surface area (Å²) in [5.41, 5.74) is 0.231. The van der Waals surface area contributed by atoms with E-state index in [1.165, 1.54) is 6.82 Å². The molecule has 0 heterocycles. The molecule has 0 fully saturated rings.